The summed E-state index contributed by atoms with van der Waals surface area (Å²) in [5.74, 6) is 1.61. The zero-order chi connectivity index (χ0) is 14.2. The molecule has 3 rings (SSSR count). The topological polar surface area (TPSA) is 29.3 Å². The lowest BCUT2D eigenvalue weighted by Gasteiger charge is -2.55. The summed E-state index contributed by atoms with van der Waals surface area (Å²) in [6.07, 6.45) is 13.0. The van der Waals surface area contributed by atoms with Crippen molar-refractivity contribution < 1.29 is 0 Å². The largest absolute Gasteiger partial charge is 0.329 e. The van der Waals surface area contributed by atoms with Crippen molar-refractivity contribution in [3.05, 3.63) is 0 Å². The van der Waals surface area contributed by atoms with Crippen LogP contribution in [0.2, 0.25) is 0 Å². The first-order chi connectivity index (χ1) is 9.62. The van der Waals surface area contributed by atoms with Crippen LogP contribution in [0.1, 0.15) is 71.6 Å². The van der Waals surface area contributed by atoms with E-state index in [1.807, 2.05) is 0 Å². The van der Waals surface area contributed by atoms with Gasteiger partial charge in [-0.2, -0.15) is 0 Å². The number of hydrogen-bond donors (Lipinski definition) is 1. The number of piperidine rings is 1. The summed E-state index contributed by atoms with van der Waals surface area (Å²) in [6, 6.07) is 0. The van der Waals surface area contributed by atoms with E-state index in [1.54, 1.807) is 0 Å². The second-order valence-electron chi connectivity index (χ2n) is 8.16. The van der Waals surface area contributed by atoms with Crippen LogP contribution < -0.4 is 5.73 Å². The summed E-state index contributed by atoms with van der Waals surface area (Å²) in [5, 5.41) is 0. The van der Waals surface area contributed by atoms with Crippen LogP contribution >= 0.6 is 0 Å². The van der Waals surface area contributed by atoms with Gasteiger partial charge >= 0.3 is 0 Å². The maximum absolute atomic E-state index is 6.33. The third-order valence-electron chi connectivity index (χ3n) is 7.44. The molecule has 2 nitrogen and oxygen atoms in total. The van der Waals surface area contributed by atoms with Gasteiger partial charge in [-0.25, -0.2) is 0 Å². The predicted octanol–water partition coefficient (Wildman–Crippen LogP) is 3.80. The second-order valence-corrected chi connectivity index (χ2v) is 8.16. The fraction of sp³-hybridized carbons (Fsp3) is 1.00. The number of likely N-dealkylation sites (tertiary alicyclic amines) is 1. The molecule has 116 valence electrons. The lowest BCUT2D eigenvalue weighted by atomic mass is 9.66. The van der Waals surface area contributed by atoms with E-state index in [0.29, 0.717) is 5.54 Å². The Hall–Kier alpha value is -0.0800. The molecule has 1 saturated heterocycles. The Morgan fingerprint density at radius 1 is 0.950 bits per heavy atom. The fourth-order valence-electron chi connectivity index (χ4n) is 5.65. The third kappa shape index (κ3) is 2.33. The number of rotatable bonds is 2. The normalized spacial score (nSPS) is 42.1. The highest BCUT2D eigenvalue weighted by molar-refractivity contribution is 5.03. The Balaban J connectivity index is 1.71. The Bertz CT molecular complexity index is 324. The molecule has 2 saturated carbocycles. The van der Waals surface area contributed by atoms with Crippen LogP contribution in [0.4, 0.5) is 0 Å². The van der Waals surface area contributed by atoms with E-state index in [-0.39, 0.29) is 0 Å². The molecule has 2 N–H and O–H groups in total. The quantitative estimate of drug-likeness (QED) is 0.832. The van der Waals surface area contributed by atoms with Crippen molar-refractivity contribution in [2.75, 3.05) is 19.6 Å². The first-order valence-corrected chi connectivity index (χ1v) is 9.07. The highest BCUT2D eigenvalue weighted by Gasteiger charge is 2.48. The van der Waals surface area contributed by atoms with E-state index >= 15 is 0 Å². The minimum atomic E-state index is 0.317. The minimum Gasteiger partial charge on any atom is -0.329 e. The van der Waals surface area contributed by atoms with Crippen LogP contribution in [0.3, 0.4) is 0 Å². The SMILES string of the molecule is CC1CCCC(CN)(N2CCC3(CCCC3)CC2)C1C. The average Bonchev–Trinajstić information content (AvgIpc) is 2.92. The van der Waals surface area contributed by atoms with E-state index in [1.165, 1.54) is 70.9 Å². The van der Waals surface area contributed by atoms with Gasteiger partial charge in [-0.1, -0.05) is 39.5 Å². The lowest BCUT2D eigenvalue weighted by Crippen LogP contribution is -2.63. The molecule has 0 radical (unpaired) electrons. The average molecular weight is 278 g/mol. The maximum atomic E-state index is 6.33. The zero-order valence-corrected chi connectivity index (χ0v) is 13.7. The van der Waals surface area contributed by atoms with Crippen LogP contribution in [0.15, 0.2) is 0 Å². The monoisotopic (exact) mass is 278 g/mol. The molecule has 3 atom stereocenters. The standard InChI is InChI=1S/C18H34N2/c1-15-6-5-9-18(14-19,16(15)2)20-12-10-17(11-13-20)7-3-4-8-17/h15-16H,3-14,19H2,1-2H3. The van der Waals surface area contributed by atoms with Gasteiger partial charge in [0.1, 0.15) is 0 Å². The van der Waals surface area contributed by atoms with Crippen molar-refractivity contribution in [2.24, 2.45) is 23.0 Å². The summed E-state index contributed by atoms with van der Waals surface area (Å²) in [6.45, 7) is 8.40. The van der Waals surface area contributed by atoms with Gasteiger partial charge in [0.2, 0.25) is 0 Å². The van der Waals surface area contributed by atoms with Crippen LogP contribution in [0.5, 0.6) is 0 Å². The Morgan fingerprint density at radius 2 is 1.60 bits per heavy atom. The molecule has 0 aromatic heterocycles. The zero-order valence-electron chi connectivity index (χ0n) is 13.7. The maximum Gasteiger partial charge on any atom is 0.0359 e. The van der Waals surface area contributed by atoms with Gasteiger partial charge in [-0.15, -0.1) is 0 Å². The van der Waals surface area contributed by atoms with E-state index < -0.39 is 0 Å². The molecule has 2 heteroatoms. The Morgan fingerprint density at radius 3 is 2.20 bits per heavy atom. The van der Waals surface area contributed by atoms with Crippen molar-refractivity contribution in [1.82, 2.24) is 4.90 Å². The fourth-order valence-corrected chi connectivity index (χ4v) is 5.65. The van der Waals surface area contributed by atoms with Crippen molar-refractivity contribution in [3.63, 3.8) is 0 Å². The number of hydrogen-bond acceptors (Lipinski definition) is 2. The van der Waals surface area contributed by atoms with Crippen LogP contribution in [-0.2, 0) is 0 Å². The highest BCUT2D eigenvalue weighted by Crippen LogP contribution is 2.49. The molecule has 0 aromatic carbocycles. The molecular formula is C18H34N2. The number of nitrogens with zero attached hydrogens (tertiary/aromatic N) is 1. The molecule has 3 aliphatic rings. The van der Waals surface area contributed by atoms with Crippen LogP contribution in [-0.4, -0.2) is 30.1 Å². The van der Waals surface area contributed by atoms with E-state index in [0.717, 1.165) is 23.8 Å². The summed E-state index contributed by atoms with van der Waals surface area (Å²) in [5.41, 5.74) is 7.37. The summed E-state index contributed by atoms with van der Waals surface area (Å²) >= 11 is 0. The molecule has 1 heterocycles. The predicted molar refractivity (Wildman–Crippen MR) is 85.7 cm³/mol. The number of nitrogens with two attached hydrogens (primary N) is 1. The van der Waals surface area contributed by atoms with Crippen LogP contribution in [0, 0.1) is 17.3 Å². The lowest BCUT2D eigenvalue weighted by molar-refractivity contribution is -0.0448. The van der Waals surface area contributed by atoms with Crippen molar-refractivity contribution >= 4 is 0 Å². The first kappa shape index (κ1) is 14.8. The Kier molecular flexibility index (Phi) is 4.16. The van der Waals surface area contributed by atoms with E-state index in [2.05, 4.69) is 18.7 Å². The summed E-state index contributed by atoms with van der Waals surface area (Å²) < 4.78 is 0. The van der Waals surface area contributed by atoms with Crippen molar-refractivity contribution in [3.8, 4) is 0 Å². The first-order valence-electron chi connectivity index (χ1n) is 9.07. The van der Waals surface area contributed by atoms with Gasteiger partial charge in [-0.3, -0.25) is 4.90 Å². The molecule has 0 aromatic rings. The summed E-state index contributed by atoms with van der Waals surface area (Å²) in [7, 11) is 0. The molecule has 2 aliphatic carbocycles. The molecule has 0 bridgehead atoms. The van der Waals surface area contributed by atoms with Gasteiger partial charge in [-0.05, 0) is 62.4 Å². The highest BCUT2D eigenvalue weighted by atomic mass is 15.2. The Labute approximate surface area is 125 Å². The second kappa shape index (κ2) is 5.61. The van der Waals surface area contributed by atoms with Gasteiger partial charge in [0.25, 0.3) is 0 Å². The van der Waals surface area contributed by atoms with Crippen molar-refractivity contribution in [2.45, 2.75) is 77.2 Å². The van der Waals surface area contributed by atoms with Crippen molar-refractivity contribution in [1.29, 1.82) is 0 Å². The molecule has 0 amide bonds. The molecule has 3 fully saturated rings. The van der Waals surface area contributed by atoms with E-state index in [4.69, 9.17) is 5.73 Å². The van der Waals surface area contributed by atoms with Gasteiger partial charge in [0.15, 0.2) is 0 Å². The molecule has 20 heavy (non-hydrogen) atoms. The van der Waals surface area contributed by atoms with Gasteiger partial charge < -0.3 is 5.73 Å². The molecular weight excluding hydrogens is 244 g/mol. The molecule has 3 unspecified atom stereocenters. The summed E-state index contributed by atoms with van der Waals surface area (Å²) in [4.78, 5) is 2.82. The smallest absolute Gasteiger partial charge is 0.0359 e. The van der Waals surface area contributed by atoms with E-state index in [9.17, 15) is 0 Å². The molecule has 1 spiro atoms. The molecule has 1 aliphatic heterocycles. The van der Waals surface area contributed by atoms with Gasteiger partial charge in [0, 0.05) is 12.1 Å². The third-order valence-corrected chi connectivity index (χ3v) is 7.44. The van der Waals surface area contributed by atoms with Gasteiger partial charge in [0.05, 0.1) is 0 Å². The van der Waals surface area contributed by atoms with Crippen LogP contribution in [0.25, 0.3) is 0 Å². The minimum absolute atomic E-state index is 0.317.